The van der Waals surface area contributed by atoms with E-state index >= 15 is 0 Å². The van der Waals surface area contributed by atoms with E-state index in [1.807, 2.05) is 6.92 Å². The third kappa shape index (κ3) is 6.77. The van der Waals surface area contributed by atoms with Gasteiger partial charge in [0.1, 0.15) is 11.9 Å². The van der Waals surface area contributed by atoms with E-state index in [2.05, 4.69) is 34.6 Å². The summed E-state index contributed by atoms with van der Waals surface area (Å²) in [4.78, 5) is 6.49. The molecular formula is C21H33F3N4O2. The van der Waals surface area contributed by atoms with Gasteiger partial charge >= 0.3 is 6.18 Å². The number of hydrogen-bond donors (Lipinski definition) is 2. The SMILES string of the molecule is CCC(CNC(=NC)NCC1(N(C)C)CCOCC1)Oc1cccc(C(F)(F)F)c1. The van der Waals surface area contributed by atoms with Gasteiger partial charge in [0.15, 0.2) is 5.96 Å². The molecule has 2 rings (SSSR count). The highest BCUT2D eigenvalue weighted by Gasteiger charge is 2.35. The van der Waals surface area contributed by atoms with Crippen molar-refractivity contribution in [1.82, 2.24) is 15.5 Å². The molecule has 1 unspecified atom stereocenters. The summed E-state index contributed by atoms with van der Waals surface area (Å²) in [6.07, 6.45) is -2.18. The molecule has 1 heterocycles. The molecule has 0 bridgehead atoms. The molecule has 1 aliphatic rings. The van der Waals surface area contributed by atoms with Crippen LogP contribution < -0.4 is 15.4 Å². The van der Waals surface area contributed by atoms with Gasteiger partial charge in [-0.05, 0) is 51.6 Å². The second-order valence-electron chi connectivity index (χ2n) is 7.71. The van der Waals surface area contributed by atoms with Crippen molar-refractivity contribution in [3.05, 3.63) is 29.8 Å². The first kappa shape index (κ1) is 24.3. The van der Waals surface area contributed by atoms with Gasteiger partial charge in [0.25, 0.3) is 0 Å². The third-order valence-corrected chi connectivity index (χ3v) is 5.60. The molecule has 2 N–H and O–H groups in total. The Morgan fingerprint density at radius 2 is 1.97 bits per heavy atom. The molecule has 1 saturated heterocycles. The maximum absolute atomic E-state index is 12.9. The van der Waals surface area contributed by atoms with Crippen LogP contribution in [0.3, 0.4) is 0 Å². The quantitative estimate of drug-likeness (QED) is 0.490. The molecule has 9 heteroatoms. The molecule has 0 radical (unpaired) electrons. The summed E-state index contributed by atoms with van der Waals surface area (Å²) in [6.45, 7) is 4.53. The number of benzene rings is 1. The van der Waals surface area contributed by atoms with E-state index < -0.39 is 11.7 Å². The first-order valence-corrected chi connectivity index (χ1v) is 10.2. The summed E-state index contributed by atoms with van der Waals surface area (Å²) in [5, 5.41) is 6.59. The van der Waals surface area contributed by atoms with Crippen LogP contribution in [0, 0.1) is 0 Å². The van der Waals surface area contributed by atoms with Crippen LogP contribution in [0.25, 0.3) is 0 Å². The van der Waals surface area contributed by atoms with Crippen molar-refractivity contribution in [2.45, 2.75) is 44.0 Å². The fourth-order valence-electron chi connectivity index (χ4n) is 3.42. The number of nitrogens with one attached hydrogen (secondary N) is 2. The molecule has 1 aromatic carbocycles. The zero-order valence-corrected chi connectivity index (χ0v) is 18.2. The number of guanidine groups is 1. The largest absolute Gasteiger partial charge is 0.489 e. The lowest BCUT2D eigenvalue weighted by molar-refractivity contribution is -0.137. The van der Waals surface area contributed by atoms with Crippen LogP contribution in [0.4, 0.5) is 13.2 Å². The predicted octanol–water partition coefficient (Wildman–Crippen LogP) is 3.14. The summed E-state index contributed by atoms with van der Waals surface area (Å²) in [5.74, 6) is 0.837. The first-order valence-electron chi connectivity index (χ1n) is 10.2. The van der Waals surface area contributed by atoms with E-state index in [1.165, 1.54) is 12.1 Å². The molecule has 0 amide bonds. The van der Waals surface area contributed by atoms with Crippen LogP contribution in [0.1, 0.15) is 31.7 Å². The van der Waals surface area contributed by atoms with Gasteiger partial charge in [-0.1, -0.05) is 13.0 Å². The highest BCUT2D eigenvalue weighted by Crippen LogP contribution is 2.31. The molecule has 1 aliphatic heterocycles. The molecule has 0 aromatic heterocycles. The second kappa shape index (κ2) is 10.9. The maximum Gasteiger partial charge on any atom is 0.416 e. The Labute approximate surface area is 176 Å². The number of ether oxygens (including phenoxy) is 2. The molecule has 0 spiro atoms. The lowest BCUT2D eigenvalue weighted by Crippen LogP contribution is -2.57. The summed E-state index contributed by atoms with van der Waals surface area (Å²) in [7, 11) is 5.83. The van der Waals surface area contributed by atoms with Gasteiger partial charge in [-0.3, -0.25) is 4.99 Å². The number of halogens is 3. The highest BCUT2D eigenvalue weighted by atomic mass is 19.4. The number of alkyl halides is 3. The normalized spacial score (nSPS) is 18.2. The van der Waals surface area contributed by atoms with Crippen LogP contribution in [-0.2, 0) is 10.9 Å². The average molecular weight is 431 g/mol. The van der Waals surface area contributed by atoms with Gasteiger partial charge in [-0.15, -0.1) is 0 Å². The number of nitrogens with zero attached hydrogens (tertiary/aromatic N) is 2. The molecule has 1 aromatic rings. The minimum absolute atomic E-state index is 0.00539. The summed E-state index contributed by atoms with van der Waals surface area (Å²) in [6, 6.07) is 4.96. The van der Waals surface area contributed by atoms with Crippen LogP contribution in [0.2, 0.25) is 0 Å². The zero-order valence-electron chi connectivity index (χ0n) is 18.2. The number of hydrogen-bond acceptors (Lipinski definition) is 4. The lowest BCUT2D eigenvalue weighted by atomic mass is 9.88. The van der Waals surface area contributed by atoms with Crippen molar-refractivity contribution in [3.63, 3.8) is 0 Å². The Morgan fingerprint density at radius 3 is 2.53 bits per heavy atom. The topological polar surface area (TPSA) is 58.1 Å². The van der Waals surface area contributed by atoms with Crippen molar-refractivity contribution in [1.29, 1.82) is 0 Å². The van der Waals surface area contributed by atoms with Crippen LogP contribution in [0.15, 0.2) is 29.3 Å². The number of aliphatic imine (C=N–C) groups is 1. The predicted molar refractivity (Wildman–Crippen MR) is 112 cm³/mol. The molecule has 30 heavy (non-hydrogen) atoms. The van der Waals surface area contributed by atoms with Crippen LogP contribution >= 0.6 is 0 Å². The summed E-state index contributed by atoms with van der Waals surface area (Å²) < 4.78 is 50.0. The first-order chi connectivity index (χ1) is 14.2. The van der Waals surface area contributed by atoms with Crippen molar-refractivity contribution < 1.29 is 22.6 Å². The minimum atomic E-state index is -4.39. The fraction of sp³-hybridized carbons (Fsp3) is 0.667. The van der Waals surface area contributed by atoms with Gasteiger partial charge in [0.05, 0.1) is 12.1 Å². The van der Waals surface area contributed by atoms with Gasteiger partial charge in [-0.25, -0.2) is 0 Å². The zero-order chi connectivity index (χ0) is 22.2. The van der Waals surface area contributed by atoms with E-state index in [4.69, 9.17) is 9.47 Å². The number of likely N-dealkylation sites (N-methyl/N-ethyl adjacent to an activating group) is 1. The van der Waals surface area contributed by atoms with E-state index in [1.54, 1.807) is 7.05 Å². The van der Waals surface area contributed by atoms with E-state index in [9.17, 15) is 13.2 Å². The maximum atomic E-state index is 12.9. The van der Waals surface area contributed by atoms with Crippen molar-refractivity contribution in [2.24, 2.45) is 4.99 Å². The molecule has 0 saturated carbocycles. The summed E-state index contributed by atoms with van der Waals surface area (Å²) >= 11 is 0. The second-order valence-corrected chi connectivity index (χ2v) is 7.71. The van der Waals surface area contributed by atoms with Gasteiger partial charge in [0, 0.05) is 32.3 Å². The van der Waals surface area contributed by atoms with Crippen molar-refractivity contribution >= 4 is 5.96 Å². The standard InChI is InChI=1S/C21H33F3N4O2/c1-5-17(30-18-8-6-7-16(13-18)21(22,23)24)14-26-19(25-2)27-15-20(28(3)4)9-11-29-12-10-20/h6-8,13,17H,5,9-12,14-15H2,1-4H3,(H2,25,26,27). The molecule has 170 valence electrons. The van der Waals surface area contributed by atoms with Gasteiger partial charge in [0.2, 0.25) is 0 Å². The molecule has 1 fully saturated rings. The highest BCUT2D eigenvalue weighted by molar-refractivity contribution is 5.79. The molecule has 6 nitrogen and oxygen atoms in total. The molecular weight excluding hydrogens is 397 g/mol. The third-order valence-electron chi connectivity index (χ3n) is 5.60. The van der Waals surface area contributed by atoms with Crippen molar-refractivity contribution in [3.8, 4) is 5.75 Å². The minimum Gasteiger partial charge on any atom is -0.489 e. The van der Waals surface area contributed by atoms with Crippen LogP contribution in [-0.4, -0.2) is 69.9 Å². The number of rotatable bonds is 8. The van der Waals surface area contributed by atoms with Crippen molar-refractivity contribution in [2.75, 3.05) is 47.4 Å². The Morgan fingerprint density at radius 1 is 1.27 bits per heavy atom. The van der Waals surface area contributed by atoms with E-state index in [0.717, 1.165) is 38.2 Å². The monoisotopic (exact) mass is 430 g/mol. The Kier molecular flexibility index (Phi) is 8.78. The smallest absolute Gasteiger partial charge is 0.416 e. The Balaban J connectivity index is 1.91. The van der Waals surface area contributed by atoms with Gasteiger partial charge in [-0.2, -0.15) is 13.2 Å². The Bertz CT molecular complexity index is 689. The molecule has 0 aliphatic carbocycles. The van der Waals surface area contributed by atoms with Crippen LogP contribution in [0.5, 0.6) is 5.75 Å². The van der Waals surface area contributed by atoms with E-state index in [0.29, 0.717) is 25.5 Å². The summed E-state index contributed by atoms with van der Waals surface area (Å²) in [5.41, 5.74) is -0.722. The fourth-order valence-corrected chi connectivity index (χ4v) is 3.42. The average Bonchev–Trinajstić information content (AvgIpc) is 2.73. The Hall–Kier alpha value is -2.00. The lowest BCUT2D eigenvalue weighted by Gasteiger charge is -2.43. The molecule has 1 atom stereocenters. The van der Waals surface area contributed by atoms with E-state index in [-0.39, 0.29) is 17.4 Å². The van der Waals surface area contributed by atoms with Gasteiger partial charge < -0.3 is 25.0 Å².